The van der Waals surface area contributed by atoms with Gasteiger partial charge in [-0.15, -0.1) is 6.58 Å². The van der Waals surface area contributed by atoms with Crippen molar-refractivity contribution in [2.75, 3.05) is 6.61 Å². The minimum atomic E-state index is 0.0997. The molecule has 18 heavy (non-hydrogen) atoms. The van der Waals surface area contributed by atoms with E-state index in [-0.39, 0.29) is 5.54 Å². The zero-order valence-electron chi connectivity index (χ0n) is 11.7. The fourth-order valence-corrected chi connectivity index (χ4v) is 1.40. The van der Waals surface area contributed by atoms with Gasteiger partial charge in [0.05, 0.1) is 12.3 Å². The van der Waals surface area contributed by atoms with Gasteiger partial charge < -0.3 is 10.1 Å². The van der Waals surface area contributed by atoms with E-state index in [9.17, 15) is 0 Å². The van der Waals surface area contributed by atoms with Gasteiger partial charge in [0.15, 0.2) is 0 Å². The van der Waals surface area contributed by atoms with Crippen LogP contribution >= 0.6 is 0 Å². The minimum Gasteiger partial charge on any atom is -0.478 e. The Hall–Kier alpha value is -1.35. The van der Waals surface area contributed by atoms with Crippen molar-refractivity contribution in [3.8, 4) is 5.88 Å². The van der Waals surface area contributed by atoms with Gasteiger partial charge in [-0.3, -0.25) is 0 Å². The quantitative estimate of drug-likeness (QED) is 0.594. The van der Waals surface area contributed by atoms with Gasteiger partial charge in [0, 0.05) is 18.2 Å². The highest BCUT2D eigenvalue weighted by molar-refractivity contribution is 5.15. The molecule has 0 amide bonds. The van der Waals surface area contributed by atoms with Gasteiger partial charge in [-0.2, -0.15) is 0 Å². The lowest BCUT2D eigenvalue weighted by Crippen LogP contribution is -2.35. The molecule has 1 N–H and O–H groups in total. The first-order chi connectivity index (χ1) is 8.51. The number of nitrogens with zero attached hydrogens (tertiary/aromatic N) is 1. The number of nitrogens with one attached hydrogen (secondary N) is 1. The highest BCUT2D eigenvalue weighted by Gasteiger charge is 2.09. The predicted octanol–water partition coefficient (Wildman–Crippen LogP) is 3.31. The Balaban J connectivity index is 2.43. The monoisotopic (exact) mass is 248 g/mol. The van der Waals surface area contributed by atoms with Crippen molar-refractivity contribution < 1.29 is 4.74 Å². The fourth-order valence-electron chi connectivity index (χ4n) is 1.40. The molecule has 0 aliphatic rings. The smallest absolute Gasteiger partial charge is 0.213 e. The van der Waals surface area contributed by atoms with E-state index in [1.165, 1.54) is 0 Å². The molecule has 0 unspecified atom stereocenters. The van der Waals surface area contributed by atoms with E-state index in [2.05, 4.69) is 37.7 Å². The number of rotatable bonds is 7. The van der Waals surface area contributed by atoms with Gasteiger partial charge in [0.25, 0.3) is 0 Å². The van der Waals surface area contributed by atoms with E-state index in [1.54, 1.807) is 0 Å². The SMILES string of the molecule is C=CCCCOc1cccc(CNC(C)(C)C)n1. The molecular formula is C15H24N2O. The second-order valence-electron chi connectivity index (χ2n) is 5.35. The number of ether oxygens (including phenoxy) is 1. The predicted molar refractivity (Wildman–Crippen MR) is 75.8 cm³/mol. The van der Waals surface area contributed by atoms with Crippen molar-refractivity contribution in [1.82, 2.24) is 10.3 Å². The minimum absolute atomic E-state index is 0.0997. The van der Waals surface area contributed by atoms with Crippen LogP contribution in [0.5, 0.6) is 5.88 Å². The normalized spacial score (nSPS) is 11.3. The van der Waals surface area contributed by atoms with Gasteiger partial charge in [0.1, 0.15) is 0 Å². The molecule has 3 heteroatoms. The van der Waals surface area contributed by atoms with Crippen molar-refractivity contribution in [2.24, 2.45) is 0 Å². The molecule has 100 valence electrons. The fraction of sp³-hybridized carbons (Fsp3) is 0.533. The molecule has 0 fully saturated rings. The Morgan fingerprint density at radius 3 is 2.83 bits per heavy atom. The third kappa shape index (κ3) is 6.40. The summed E-state index contributed by atoms with van der Waals surface area (Å²) in [5.41, 5.74) is 1.11. The first-order valence-electron chi connectivity index (χ1n) is 6.46. The summed E-state index contributed by atoms with van der Waals surface area (Å²) in [5, 5.41) is 3.41. The first kappa shape index (κ1) is 14.7. The summed E-state index contributed by atoms with van der Waals surface area (Å²) in [6.07, 6.45) is 3.86. The van der Waals surface area contributed by atoms with Crippen LogP contribution in [0, 0.1) is 0 Å². The van der Waals surface area contributed by atoms with Crippen LogP contribution in [-0.4, -0.2) is 17.1 Å². The molecule has 0 bridgehead atoms. The van der Waals surface area contributed by atoms with E-state index in [1.807, 2.05) is 24.3 Å². The number of hydrogen-bond donors (Lipinski definition) is 1. The lowest BCUT2D eigenvalue weighted by molar-refractivity contribution is 0.298. The van der Waals surface area contributed by atoms with Crippen LogP contribution < -0.4 is 10.1 Å². The molecular weight excluding hydrogens is 224 g/mol. The van der Waals surface area contributed by atoms with Gasteiger partial charge >= 0.3 is 0 Å². The van der Waals surface area contributed by atoms with Gasteiger partial charge in [0.2, 0.25) is 5.88 Å². The van der Waals surface area contributed by atoms with E-state index in [0.717, 1.165) is 25.1 Å². The molecule has 1 aromatic heterocycles. The molecule has 0 aliphatic carbocycles. The molecule has 1 rings (SSSR count). The lowest BCUT2D eigenvalue weighted by Gasteiger charge is -2.20. The van der Waals surface area contributed by atoms with Crippen LogP contribution in [0.4, 0.5) is 0 Å². The van der Waals surface area contributed by atoms with Crippen molar-refractivity contribution >= 4 is 0 Å². The summed E-state index contributed by atoms with van der Waals surface area (Å²) >= 11 is 0. The first-order valence-corrected chi connectivity index (χ1v) is 6.46. The molecule has 0 saturated carbocycles. The van der Waals surface area contributed by atoms with Gasteiger partial charge in [-0.1, -0.05) is 12.1 Å². The van der Waals surface area contributed by atoms with Gasteiger partial charge in [-0.25, -0.2) is 4.98 Å². The van der Waals surface area contributed by atoms with Crippen molar-refractivity contribution in [1.29, 1.82) is 0 Å². The summed E-state index contributed by atoms with van der Waals surface area (Å²) in [7, 11) is 0. The maximum absolute atomic E-state index is 5.59. The van der Waals surface area contributed by atoms with Crippen LogP contribution in [0.25, 0.3) is 0 Å². The number of pyridine rings is 1. The average Bonchev–Trinajstić information content (AvgIpc) is 2.32. The number of hydrogen-bond acceptors (Lipinski definition) is 3. The summed E-state index contributed by atoms with van der Waals surface area (Å²) in [4.78, 5) is 4.46. The van der Waals surface area contributed by atoms with Crippen LogP contribution in [-0.2, 0) is 6.54 Å². The molecule has 3 nitrogen and oxygen atoms in total. The highest BCUT2D eigenvalue weighted by atomic mass is 16.5. The van der Waals surface area contributed by atoms with Gasteiger partial charge in [-0.05, 0) is 39.7 Å². The second-order valence-corrected chi connectivity index (χ2v) is 5.35. The molecule has 0 atom stereocenters. The molecule has 0 radical (unpaired) electrons. The standard InChI is InChI=1S/C15H24N2O/c1-5-6-7-11-18-14-10-8-9-13(17-14)12-16-15(2,3)4/h5,8-10,16H,1,6-7,11-12H2,2-4H3. The molecule has 0 spiro atoms. The van der Waals surface area contributed by atoms with Crippen LogP contribution in [0.1, 0.15) is 39.3 Å². The average molecular weight is 248 g/mol. The van der Waals surface area contributed by atoms with Crippen LogP contribution in [0.15, 0.2) is 30.9 Å². The molecule has 0 saturated heterocycles. The summed E-state index contributed by atoms with van der Waals surface area (Å²) in [6, 6.07) is 5.89. The topological polar surface area (TPSA) is 34.1 Å². The number of unbranched alkanes of at least 4 members (excludes halogenated alkanes) is 1. The Morgan fingerprint density at radius 1 is 1.39 bits per heavy atom. The summed E-state index contributed by atoms with van der Waals surface area (Å²) in [5.74, 6) is 0.701. The van der Waals surface area contributed by atoms with Crippen LogP contribution in [0.3, 0.4) is 0 Å². The molecule has 0 aliphatic heterocycles. The molecule has 0 aromatic carbocycles. The lowest BCUT2D eigenvalue weighted by atomic mass is 10.1. The third-order valence-electron chi connectivity index (χ3n) is 2.38. The van der Waals surface area contributed by atoms with Crippen molar-refractivity contribution in [3.05, 3.63) is 36.5 Å². The summed E-state index contributed by atoms with van der Waals surface area (Å²) in [6.45, 7) is 11.6. The maximum Gasteiger partial charge on any atom is 0.213 e. The van der Waals surface area contributed by atoms with Crippen molar-refractivity contribution in [3.63, 3.8) is 0 Å². The van der Waals surface area contributed by atoms with E-state index >= 15 is 0 Å². The maximum atomic E-state index is 5.59. The largest absolute Gasteiger partial charge is 0.478 e. The molecule has 1 heterocycles. The van der Waals surface area contributed by atoms with Crippen molar-refractivity contribution in [2.45, 2.75) is 45.7 Å². The van der Waals surface area contributed by atoms with Crippen LogP contribution in [0.2, 0.25) is 0 Å². The third-order valence-corrected chi connectivity index (χ3v) is 2.38. The van der Waals surface area contributed by atoms with E-state index in [0.29, 0.717) is 12.5 Å². The Kier molecular flexibility index (Phi) is 5.86. The number of allylic oxidation sites excluding steroid dienone is 1. The van der Waals surface area contributed by atoms with E-state index in [4.69, 9.17) is 4.74 Å². The number of aromatic nitrogens is 1. The Labute approximate surface area is 110 Å². The zero-order chi connectivity index (χ0) is 13.4. The van der Waals surface area contributed by atoms with E-state index < -0.39 is 0 Å². The zero-order valence-corrected chi connectivity index (χ0v) is 11.7. The Morgan fingerprint density at radius 2 is 2.17 bits per heavy atom. The second kappa shape index (κ2) is 7.17. The summed E-state index contributed by atoms with van der Waals surface area (Å²) < 4.78 is 5.59. The molecule has 1 aromatic rings. The highest BCUT2D eigenvalue weighted by Crippen LogP contribution is 2.09. The Bertz CT molecular complexity index is 369.